The number of phenols is 1. The number of nitrogens with one attached hydrogen (secondary N) is 1. The van der Waals surface area contributed by atoms with Crippen LogP contribution in [0.15, 0.2) is 41.5 Å². The smallest absolute Gasteiger partial charge is 0.312 e. The molecule has 2 rings (SSSR count). The summed E-state index contributed by atoms with van der Waals surface area (Å²) in [6.07, 6.45) is 1.23. The molecule has 0 aliphatic rings. The molecule has 0 saturated heterocycles. The van der Waals surface area contributed by atoms with Gasteiger partial charge in [-0.05, 0) is 24.3 Å². The van der Waals surface area contributed by atoms with Crippen LogP contribution in [0.3, 0.4) is 0 Å². The van der Waals surface area contributed by atoms with E-state index in [0.29, 0.717) is 10.7 Å². The lowest BCUT2D eigenvalue weighted by molar-refractivity contribution is -0.385. The number of anilines is 1. The Morgan fingerprint density at radius 1 is 1.24 bits per heavy atom. The molecule has 2 aromatic carbocycles. The number of aromatic hydroxyl groups is 1. The van der Waals surface area contributed by atoms with Crippen LogP contribution in [0.1, 0.15) is 5.56 Å². The first-order chi connectivity index (χ1) is 9.97. The monoisotopic (exact) mass is 325 g/mol. The molecule has 0 aliphatic carbocycles. The molecular formula is C13H9Cl2N3O3. The topological polar surface area (TPSA) is 87.8 Å². The molecule has 0 amide bonds. The highest BCUT2D eigenvalue weighted by Gasteiger charge is 2.17. The zero-order valence-corrected chi connectivity index (χ0v) is 12.0. The Morgan fingerprint density at radius 2 is 2.00 bits per heavy atom. The van der Waals surface area contributed by atoms with Gasteiger partial charge in [0.25, 0.3) is 0 Å². The molecule has 108 valence electrons. The Labute approximate surface area is 129 Å². The van der Waals surface area contributed by atoms with Crippen LogP contribution in [-0.2, 0) is 0 Å². The van der Waals surface area contributed by atoms with Crippen molar-refractivity contribution in [3.8, 4) is 5.75 Å². The zero-order valence-electron chi connectivity index (χ0n) is 10.5. The van der Waals surface area contributed by atoms with Crippen molar-refractivity contribution >= 4 is 40.8 Å². The molecule has 2 N–H and O–H groups in total. The number of hydrazone groups is 1. The minimum atomic E-state index is -0.719. The summed E-state index contributed by atoms with van der Waals surface area (Å²) in [4.78, 5) is 10.1. The van der Waals surface area contributed by atoms with Crippen molar-refractivity contribution < 1.29 is 10.0 Å². The zero-order chi connectivity index (χ0) is 15.4. The Balaban J connectivity index is 2.23. The highest BCUT2D eigenvalue weighted by Crippen LogP contribution is 2.32. The SMILES string of the molecule is O=[N+]([O-])c1cc(Cl)cc(/C=N/Nc2cccc(Cl)c2)c1O. The van der Waals surface area contributed by atoms with Crippen molar-refractivity contribution in [1.29, 1.82) is 0 Å². The highest BCUT2D eigenvalue weighted by molar-refractivity contribution is 6.31. The molecule has 0 aromatic heterocycles. The first-order valence-electron chi connectivity index (χ1n) is 5.69. The van der Waals surface area contributed by atoms with Crippen molar-refractivity contribution in [3.05, 3.63) is 62.1 Å². The van der Waals surface area contributed by atoms with Crippen LogP contribution in [0, 0.1) is 10.1 Å². The molecule has 2 aromatic rings. The summed E-state index contributed by atoms with van der Waals surface area (Å²) in [6, 6.07) is 9.28. The van der Waals surface area contributed by atoms with Crippen LogP contribution in [0.2, 0.25) is 10.0 Å². The van der Waals surface area contributed by atoms with E-state index < -0.39 is 16.4 Å². The summed E-state index contributed by atoms with van der Waals surface area (Å²) in [5.74, 6) is -0.499. The number of nitrogens with zero attached hydrogens (tertiary/aromatic N) is 2. The van der Waals surface area contributed by atoms with E-state index in [1.807, 2.05) is 0 Å². The lowest BCUT2D eigenvalue weighted by Crippen LogP contribution is -1.94. The molecule has 0 bridgehead atoms. The third-order valence-corrected chi connectivity index (χ3v) is 2.96. The number of nitro benzene ring substituents is 1. The van der Waals surface area contributed by atoms with Crippen LogP contribution in [0.25, 0.3) is 0 Å². The van der Waals surface area contributed by atoms with E-state index in [1.54, 1.807) is 24.3 Å². The molecule has 0 fully saturated rings. The largest absolute Gasteiger partial charge is 0.502 e. The molecule has 0 radical (unpaired) electrons. The second kappa shape index (κ2) is 6.43. The average molecular weight is 326 g/mol. The molecule has 0 spiro atoms. The molecule has 0 atom stereocenters. The van der Waals surface area contributed by atoms with Crippen molar-refractivity contribution in [2.24, 2.45) is 5.10 Å². The minimum Gasteiger partial charge on any atom is -0.502 e. The van der Waals surface area contributed by atoms with Crippen LogP contribution in [-0.4, -0.2) is 16.2 Å². The number of benzene rings is 2. The minimum absolute atomic E-state index is 0.128. The number of rotatable bonds is 4. The van der Waals surface area contributed by atoms with Crippen molar-refractivity contribution in [1.82, 2.24) is 0 Å². The predicted octanol–water partition coefficient (Wildman–Crippen LogP) is 4.05. The molecule has 6 nitrogen and oxygen atoms in total. The van der Waals surface area contributed by atoms with Gasteiger partial charge in [0.05, 0.1) is 16.8 Å². The van der Waals surface area contributed by atoms with E-state index >= 15 is 0 Å². The maximum Gasteiger partial charge on any atom is 0.312 e. The van der Waals surface area contributed by atoms with E-state index in [0.717, 1.165) is 6.07 Å². The Kier molecular flexibility index (Phi) is 4.62. The van der Waals surface area contributed by atoms with Gasteiger partial charge >= 0.3 is 5.69 Å². The fraction of sp³-hybridized carbons (Fsp3) is 0. The van der Waals surface area contributed by atoms with Gasteiger partial charge in [-0.3, -0.25) is 15.5 Å². The van der Waals surface area contributed by atoms with E-state index in [2.05, 4.69) is 10.5 Å². The first-order valence-corrected chi connectivity index (χ1v) is 6.44. The standard InChI is InChI=1S/C13H9Cl2N3O3/c14-9-2-1-3-11(5-9)17-16-7-8-4-10(15)6-12(13(8)19)18(20)21/h1-7,17,19H/b16-7+. The van der Waals surface area contributed by atoms with Crippen LogP contribution >= 0.6 is 23.2 Å². The number of hydrogen-bond donors (Lipinski definition) is 2. The van der Waals surface area contributed by atoms with E-state index in [1.165, 1.54) is 12.3 Å². The number of halogens is 2. The van der Waals surface area contributed by atoms with Gasteiger partial charge in [0.2, 0.25) is 5.75 Å². The van der Waals surface area contributed by atoms with Crippen molar-refractivity contribution in [2.75, 3.05) is 5.43 Å². The number of hydrogen-bond acceptors (Lipinski definition) is 5. The summed E-state index contributed by atoms with van der Waals surface area (Å²) < 4.78 is 0. The third kappa shape index (κ3) is 3.84. The number of nitro groups is 1. The fourth-order valence-corrected chi connectivity index (χ4v) is 1.99. The lowest BCUT2D eigenvalue weighted by atomic mass is 10.2. The van der Waals surface area contributed by atoms with Gasteiger partial charge in [0, 0.05) is 21.7 Å². The second-order valence-corrected chi connectivity index (χ2v) is 4.87. The van der Waals surface area contributed by atoms with Gasteiger partial charge in [-0.15, -0.1) is 0 Å². The van der Waals surface area contributed by atoms with Gasteiger partial charge < -0.3 is 5.11 Å². The maximum absolute atomic E-state index is 10.8. The quantitative estimate of drug-likeness (QED) is 0.504. The number of phenolic OH excluding ortho intramolecular Hbond substituents is 1. The van der Waals surface area contributed by atoms with Crippen molar-refractivity contribution in [3.63, 3.8) is 0 Å². The van der Waals surface area contributed by atoms with E-state index in [-0.39, 0.29) is 10.6 Å². The van der Waals surface area contributed by atoms with Crippen LogP contribution < -0.4 is 5.43 Å². The first kappa shape index (κ1) is 15.1. The summed E-state index contributed by atoms with van der Waals surface area (Å²) in [5.41, 5.74) is 2.97. The molecule has 0 aliphatic heterocycles. The summed E-state index contributed by atoms with van der Waals surface area (Å²) in [7, 11) is 0. The Bertz CT molecular complexity index is 720. The average Bonchev–Trinajstić information content (AvgIpc) is 2.42. The fourth-order valence-electron chi connectivity index (χ4n) is 1.58. The summed E-state index contributed by atoms with van der Waals surface area (Å²) in [5, 5.41) is 25.1. The summed E-state index contributed by atoms with van der Waals surface area (Å²) in [6.45, 7) is 0. The highest BCUT2D eigenvalue weighted by atomic mass is 35.5. The van der Waals surface area contributed by atoms with E-state index in [4.69, 9.17) is 23.2 Å². The van der Waals surface area contributed by atoms with Crippen LogP contribution in [0.4, 0.5) is 11.4 Å². The molecule has 0 saturated carbocycles. The van der Waals surface area contributed by atoms with Gasteiger partial charge in [-0.2, -0.15) is 5.10 Å². The Morgan fingerprint density at radius 3 is 2.67 bits per heavy atom. The third-order valence-electron chi connectivity index (χ3n) is 2.50. The normalized spacial score (nSPS) is 10.8. The molecule has 0 heterocycles. The molecule has 8 heteroatoms. The Hall–Kier alpha value is -2.31. The van der Waals surface area contributed by atoms with Gasteiger partial charge in [0.1, 0.15) is 0 Å². The molecule has 0 unspecified atom stereocenters. The van der Waals surface area contributed by atoms with Gasteiger partial charge in [-0.1, -0.05) is 29.3 Å². The second-order valence-electron chi connectivity index (χ2n) is 4.00. The van der Waals surface area contributed by atoms with Gasteiger partial charge in [0.15, 0.2) is 0 Å². The predicted molar refractivity (Wildman–Crippen MR) is 82.4 cm³/mol. The lowest BCUT2D eigenvalue weighted by Gasteiger charge is -2.02. The van der Waals surface area contributed by atoms with Gasteiger partial charge in [-0.25, -0.2) is 0 Å². The summed E-state index contributed by atoms with van der Waals surface area (Å²) >= 11 is 11.6. The van der Waals surface area contributed by atoms with Crippen molar-refractivity contribution in [2.45, 2.75) is 0 Å². The van der Waals surface area contributed by atoms with E-state index in [9.17, 15) is 15.2 Å². The maximum atomic E-state index is 10.8. The molecular weight excluding hydrogens is 317 g/mol. The molecule has 21 heavy (non-hydrogen) atoms. The van der Waals surface area contributed by atoms with Crippen LogP contribution in [0.5, 0.6) is 5.75 Å².